The monoisotopic (exact) mass is 303 g/mol. The first-order valence-electron chi connectivity index (χ1n) is 6.75. The number of anilines is 3. The summed E-state index contributed by atoms with van der Waals surface area (Å²) in [4.78, 5) is 14.1. The zero-order valence-corrected chi connectivity index (χ0v) is 12.6. The first-order chi connectivity index (χ1) is 10.1. The number of benzene rings is 2. The Morgan fingerprint density at radius 2 is 1.86 bits per heavy atom. The van der Waals surface area contributed by atoms with E-state index in [2.05, 4.69) is 5.32 Å². The lowest BCUT2D eigenvalue weighted by molar-refractivity contribution is -0.115. The van der Waals surface area contributed by atoms with Crippen molar-refractivity contribution in [3.05, 3.63) is 53.6 Å². The van der Waals surface area contributed by atoms with Crippen LogP contribution in [0.15, 0.2) is 48.5 Å². The second-order valence-electron chi connectivity index (χ2n) is 4.63. The van der Waals surface area contributed by atoms with Crippen LogP contribution in [0.2, 0.25) is 5.02 Å². The van der Waals surface area contributed by atoms with Gasteiger partial charge in [-0.25, -0.2) is 0 Å². The predicted molar refractivity (Wildman–Crippen MR) is 88.8 cm³/mol. The van der Waals surface area contributed by atoms with Gasteiger partial charge in [0.15, 0.2) is 0 Å². The Kier molecular flexibility index (Phi) is 5.06. The van der Waals surface area contributed by atoms with Gasteiger partial charge in [-0.3, -0.25) is 4.79 Å². The summed E-state index contributed by atoms with van der Waals surface area (Å²) in [6.45, 7) is 2.93. The molecule has 0 fully saturated rings. The molecule has 0 unspecified atom stereocenters. The summed E-state index contributed by atoms with van der Waals surface area (Å²) in [5, 5.41) is 3.48. The van der Waals surface area contributed by atoms with Crippen molar-refractivity contribution in [1.29, 1.82) is 0 Å². The smallest absolute Gasteiger partial charge is 0.243 e. The van der Waals surface area contributed by atoms with Crippen molar-refractivity contribution in [2.45, 2.75) is 6.92 Å². The molecule has 21 heavy (non-hydrogen) atoms. The van der Waals surface area contributed by atoms with Crippen LogP contribution in [0.25, 0.3) is 0 Å². The number of carbonyl (C=O) groups is 1. The van der Waals surface area contributed by atoms with Crippen LogP contribution in [0.1, 0.15) is 6.92 Å². The Morgan fingerprint density at radius 3 is 2.48 bits per heavy atom. The number of nitrogens with zero attached hydrogens (tertiary/aromatic N) is 1. The highest BCUT2D eigenvalue weighted by molar-refractivity contribution is 6.30. The molecule has 0 bridgehead atoms. The number of nitrogens with two attached hydrogens (primary N) is 1. The molecule has 0 spiro atoms. The molecular weight excluding hydrogens is 286 g/mol. The molecule has 0 radical (unpaired) electrons. The third kappa shape index (κ3) is 4.13. The van der Waals surface area contributed by atoms with E-state index in [1.54, 1.807) is 24.3 Å². The van der Waals surface area contributed by atoms with E-state index < -0.39 is 0 Å². The van der Waals surface area contributed by atoms with Crippen LogP contribution in [-0.4, -0.2) is 19.0 Å². The van der Waals surface area contributed by atoms with Gasteiger partial charge in [0.1, 0.15) is 0 Å². The molecule has 4 nitrogen and oxygen atoms in total. The minimum Gasteiger partial charge on any atom is -0.397 e. The van der Waals surface area contributed by atoms with Crippen molar-refractivity contribution in [2.75, 3.05) is 29.0 Å². The SMILES string of the molecule is CCN(CC(=O)Nc1ccc(Cl)cc1)c1ccccc1N. The van der Waals surface area contributed by atoms with Crippen molar-refractivity contribution in [3.63, 3.8) is 0 Å². The van der Waals surface area contributed by atoms with Crippen molar-refractivity contribution < 1.29 is 4.79 Å². The number of hydrogen-bond donors (Lipinski definition) is 2. The summed E-state index contributed by atoms with van der Waals surface area (Å²) in [5.74, 6) is -0.0950. The standard InChI is InChI=1S/C16H18ClN3O/c1-2-20(15-6-4-3-5-14(15)18)11-16(21)19-13-9-7-12(17)8-10-13/h3-10H,2,11,18H2,1H3,(H,19,21). The van der Waals surface area contributed by atoms with Crippen LogP contribution >= 0.6 is 11.6 Å². The summed E-state index contributed by atoms with van der Waals surface area (Å²) >= 11 is 5.82. The maximum Gasteiger partial charge on any atom is 0.243 e. The fourth-order valence-electron chi connectivity index (χ4n) is 2.05. The number of halogens is 1. The number of nitrogens with one attached hydrogen (secondary N) is 1. The van der Waals surface area contributed by atoms with Gasteiger partial charge >= 0.3 is 0 Å². The molecule has 3 N–H and O–H groups in total. The number of para-hydroxylation sites is 2. The zero-order chi connectivity index (χ0) is 15.2. The number of carbonyl (C=O) groups excluding carboxylic acids is 1. The van der Waals surface area contributed by atoms with Gasteiger partial charge in [-0.1, -0.05) is 23.7 Å². The molecule has 2 aromatic rings. The van der Waals surface area contributed by atoms with Gasteiger partial charge < -0.3 is 16.0 Å². The van der Waals surface area contributed by atoms with Gasteiger partial charge in [0.05, 0.1) is 17.9 Å². The van der Waals surface area contributed by atoms with E-state index in [9.17, 15) is 4.79 Å². The van der Waals surface area contributed by atoms with Gasteiger partial charge in [0.25, 0.3) is 0 Å². The van der Waals surface area contributed by atoms with Crippen molar-refractivity contribution in [3.8, 4) is 0 Å². The molecule has 0 aliphatic carbocycles. The minimum absolute atomic E-state index is 0.0950. The molecule has 0 heterocycles. The van der Waals surface area contributed by atoms with Crippen LogP contribution in [0.3, 0.4) is 0 Å². The Morgan fingerprint density at radius 1 is 1.19 bits per heavy atom. The number of hydrogen-bond acceptors (Lipinski definition) is 3. The van der Waals surface area contributed by atoms with Gasteiger partial charge in [-0.05, 0) is 43.3 Å². The first kappa shape index (κ1) is 15.2. The van der Waals surface area contributed by atoms with E-state index in [0.717, 1.165) is 11.4 Å². The molecule has 0 aliphatic rings. The molecule has 2 aromatic carbocycles. The highest BCUT2D eigenvalue weighted by Crippen LogP contribution is 2.22. The molecule has 1 amide bonds. The minimum atomic E-state index is -0.0950. The Labute approximate surface area is 129 Å². The van der Waals surface area contributed by atoms with E-state index in [-0.39, 0.29) is 12.5 Å². The largest absolute Gasteiger partial charge is 0.397 e. The maximum atomic E-state index is 12.1. The van der Waals surface area contributed by atoms with Crippen LogP contribution in [0, 0.1) is 0 Å². The molecule has 0 aromatic heterocycles. The average Bonchev–Trinajstić information content (AvgIpc) is 2.48. The molecule has 0 saturated heterocycles. The molecule has 0 saturated carbocycles. The Hall–Kier alpha value is -2.20. The molecule has 2 rings (SSSR count). The third-order valence-electron chi connectivity index (χ3n) is 3.12. The summed E-state index contributed by atoms with van der Waals surface area (Å²) < 4.78 is 0. The van der Waals surface area contributed by atoms with E-state index in [1.165, 1.54) is 0 Å². The van der Waals surface area contributed by atoms with E-state index >= 15 is 0 Å². The molecular formula is C16H18ClN3O. The lowest BCUT2D eigenvalue weighted by atomic mass is 10.2. The van der Waals surface area contributed by atoms with Crippen molar-refractivity contribution in [2.24, 2.45) is 0 Å². The number of amides is 1. The summed E-state index contributed by atoms with van der Waals surface area (Å²) in [6.07, 6.45) is 0. The second-order valence-corrected chi connectivity index (χ2v) is 5.06. The van der Waals surface area contributed by atoms with Crippen LogP contribution in [0.5, 0.6) is 0 Å². The van der Waals surface area contributed by atoms with E-state index in [1.807, 2.05) is 36.1 Å². The second kappa shape index (κ2) is 6.99. The third-order valence-corrected chi connectivity index (χ3v) is 3.37. The summed E-state index contributed by atoms with van der Waals surface area (Å²) in [6, 6.07) is 14.5. The summed E-state index contributed by atoms with van der Waals surface area (Å²) in [7, 11) is 0. The van der Waals surface area contributed by atoms with Crippen molar-refractivity contribution in [1.82, 2.24) is 0 Å². The fourth-order valence-corrected chi connectivity index (χ4v) is 2.18. The fraction of sp³-hybridized carbons (Fsp3) is 0.188. The van der Waals surface area contributed by atoms with Crippen LogP contribution in [-0.2, 0) is 4.79 Å². The Balaban J connectivity index is 2.03. The normalized spacial score (nSPS) is 10.2. The topological polar surface area (TPSA) is 58.4 Å². The molecule has 0 atom stereocenters. The lowest BCUT2D eigenvalue weighted by Gasteiger charge is -2.23. The van der Waals surface area contributed by atoms with Crippen molar-refractivity contribution >= 4 is 34.6 Å². The number of nitrogen functional groups attached to an aromatic ring is 1. The highest BCUT2D eigenvalue weighted by Gasteiger charge is 2.12. The number of likely N-dealkylation sites (N-methyl/N-ethyl adjacent to an activating group) is 1. The summed E-state index contributed by atoms with van der Waals surface area (Å²) in [5.41, 5.74) is 8.21. The Bertz CT molecular complexity index is 613. The van der Waals surface area contributed by atoms with Gasteiger partial charge in [-0.2, -0.15) is 0 Å². The van der Waals surface area contributed by atoms with Crippen LogP contribution in [0.4, 0.5) is 17.1 Å². The molecule has 110 valence electrons. The lowest BCUT2D eigenvalue weighted by Crippen LogP contribution is -2.33. The number of rotatable bonds is 5. The molecule has 5 heteroatoms. The first-order valence-corrected chi connectivity index (χ1v) is 7.13. The van der Waals surface area contributed by atoms with Crippen LogP contribution < -0.4 is 16.0 Å². The van der Waals surface area contributed by atoms with E-state index in [4.69, 9.17) is 17.3 Å². The van der Waals surface area contributed by atoms with Gasteiger partial charge in [0, 0.05) is 17.3 Å². The van der Waals surface area contributed by atoms with E-state index in [0.29, 0.717) is 17.3 Å². The zero-order valence-electron chi connectivity index (χ0n) is 11.8. The highest BCUT2D eigenvalue weighted by atomic mass is 35.5. The average molecular weight is 304 g/mol. The maximum absolute atomic E-state index is 12.1. The quantitative estimate of drug-likeness (QED) is 0.832. The van der Waals surface area contributed by atoms with Gasteiger partial charge in [-0.15, -0.1) is 0 Å². The predicted octanol–water partition coefficient (Wildman–Crippen LogP) is 3.39. The van der Waals surface area contributed by atoms with Gasteiger partial charge in [0.2, 0.25) is 5.91 Å². The molecule has 0 aliphatic heterocycles.